The predicted molar refractivity (Wildman–Crippen MR) is 78.5 cm³/mol. The van der Waals surface area contributed by atoms with Crippen molar-refractivity contribution in [2.24, 2.45) is 5.73 Å². The third-order valence-corrected chi connectivity index (χ3v) is 2.79. The van der Waals surface area contributed by atoms with E-state index in [1.54, 1.807) is 6.07 Å². The number of ether oxygens (including phenoxy) is 2. The lowest BCUT2D eigenvalue weighted by molar-refractivity contribution is 0.285. The summed E-state index contributed by atoms with van der Waals surface area (Å²) in [5, 5.41) is 0. The number of nitrogens with two attached hydrogens (primary N) is 1. The Kier molecular flexibility index (Phi) is 6.56. The second kappa shape index (κ2) is 7.94. The van der Waals surface area contributed by atoms with Gasteiger partial charge < -0.3 is 15.2 Å². The molecule has 0 aliphatic heterocycles. The van der Waals surface area contributed by atoms with Gasteiger partial charge in [-0.25, -0.2) is 4.39 Å². The van der Waals surface area contributed by atoms with Crippen molar-refractivity contribution in [3.05, 3.63) is 23.5 Å². The summed E-state index contributed by atoms with van der Waals surface area (Å²) in [7, 11) is 0. The maximum Gasteiger partial charge on any atom is 0.164 e. The van der Waals surface area contributed by atoms with Gasteiger partial charge in [-0.3, -0.25) is 0 Å². The van der Waals surface area contributed by atoms with E-state index in [9.17, 15) is 4.39 Å². The van der Waals surface area contributed by atoms with Gasteiger partial charge in [0.25, 0.3) is 0 Å². The first-order valence-corrected chi connectivity index (χ1v) is 6.85. The summed E-state index contributed by atoms with van der Waals surface area (Å²) in [4.78, 5) is 0.455. The van der Waals surface area contributed by atoms with E-state index in [-0.39, 0.29) is 5.82 Å². The molecule has 2 N–H and O–H groups in total. The summed E-state index contributed by atoms with van der Waals surface area (Å²) in [6.45, 7) is 4.72. The van der Waals surface area contributed by atoms with Gasteiger partial charge >= 0.3 is 0 Å². The first-order valence-electron chi connectivity index (χ1n) is 6.44. The zero-order valence-electron chi connectivity index (χ0n) is 11.4. The number of hydrogen-bond donors (Lipinski definition) is 1. The molecule has 0 fully saturated rings. The molecule has 0 saturated carbocycles. The Hall–Kier alpha value is -1.36. The molecule has 0 bridgehead atoms. The monoisotopic (exact) mass is 285 g/mol. The first-order chi connectivity index (χ1) is 9.08. The number of halogens is 1. The molecule has 0 aliphatic rings. The van der Waals surface area contributed by atoms with Crippen LogP contribution in [0.3, 0.4) is 0 Å². The number of rotatable bonds is 8. The highest BCUT2D eigenvalue weighted by Crippen LogP contribution is 2.31. The molecular formula is C14H20FNO2S. The lowest BCUT2D eigenvalue weighted by Crippen LogP contribution is -2.08. The van der Waals surface area contributed by atoms with E-state index in [0.29, 0.717) is 48.1 Å². The van der Waals surface area contributed by atoms with Crippen LogP contribution in [0.4, 0.5) is 4.39 Å². The lowest BCUT2D eigenvalue weighted by atomic mass is 10.1. The van der Waals surface area contributed by atoms with Gasteiger partial charge in [0.1, 0.15) is 5.82 Å². The fourth-order valence-electron chi connectivity index (χ4n) is 1.76. The second-order valence-corrected chi connectivity index (χ2v) is 4.60. The van der Waals surface area contributed by atoms with Crippen LogP contribution in [0.1, 0.15) is 32.3 Å². The van der Waals surface area contributed by atoms with E-state index >= 15 is 0 Å². The summed E-state index contributed by atoms with van der Waals surface area (Å²) in [6.07, 6.45) is 1.92. The van der Waals surface area contributed by atoms with Crippen molar-refractivity contribution in [2.45, 2.75) is 33.1 Å². The van der Waals surface area contributed by atoms with Gasteiger partial charge in [0.15, 0.2) is 11.5 Å². The van der Waals surface area contributed by atoms with E-state index in [2.05, 4.69) is 0 Å². The molecule has 0 saturated heterocycles. The summed E-state index contributed by atoms with van der Waals surface area (Å²) >= 11 is 4.81. The van der Waals surface area contributed by atoms with Gasteiger partial charge in [0.2, 0.25) is 0 Å². The average Bonchev–Trinajstić information content (AvgIpc) is 2.34. The smallest absolute Gasteiger partial charge is 0.164 e. The van der Waals surface area contributed by atoms with Crippen LogP contribution < -0.4 is 15.2 Å². The van der Waals surface area contributed by atoms with Crippen LogP contribution in [0.25, 0.3) is 0 Å². The molecule has 0 radical (unpaired) electrons. The van der Waals surface area contributed by atoms with Gasteiger partial charge in [-0.1, -0.05) is 12.2 Å². The van der Waals surface area contributed by atoms with Crippen molar-refractivity contribution < 1.29 is 13.9 Å². The number of thiocarbonyl (C=S) groups is 1. The highest BCUT2D eigenvalue weighted by molar-refractivity contribution is 7.80. The zero-order chi connectivity index (χ0) is 14.3. The van der Waals surface area contributed by atoms with Gasteiger partial charge in [-0.15, -0.1) is 0 Å². The Morgan fingerprint density at radius 2 is 1.79 bits per heavy atom. The quantitative estimate of drug-likeness (QED) is 0.745. The van der Waals surface area contributed by atoms with Crippen molar-refractivity contribution in [3.63, 3.8) is 0 Å². The van der Waals surface area contributed by atoms with E-state index in [4.69, 9.17) is 27.4 Å². The lowest BCUT2D eigenvalue weighted by Gasteiger charge is -2.13. The molecule has 0 aliphatic carbocycles. The zero-order valence-corrected chi connectivity index (χ0v) is 12.2. The predicted octanol–water partition coefficient (Wildman–Crippen LogP) is 3.23. The Morgan fingerprint density at radius 1 is 1.21 bits per heavy atom. The van der Waals surface area contributed by atoms with E-state index in [1.165, 1.54) is 6.07 Å². The molecule has 0 aromatic heterocycles. The molecule has 0 spiro atoms. The molecule has 5 heteroatoms. The molecule has 0 amide bonds. The van der Waals surface area contributed by atoms with Crippen molar-refractivity contribution in [3.8, 4) is 11.5 Å². The van der Waals surface area contributed by atoms with Crippen LogP contribution in [0.2, 0.25) is 0 Å². The van der Waals surface area contributed by atoms with Crippen molar-refractivity contribution in [1.82, 2.24) is 0 Å². The van der Waals surface area contributed by atoms with Crippen LogP contribution >= 0.6 is 12.2 Å². The minimum Gasteiger partial charge on any atom is -0.490 e. The highest BCUT2D eigenvalue weighted by atomic mass is 32.1. The standard InChI is InChI=1S/C14H20FNO2S/c1-3-17-12-8-10(6-5-7-14(16)19)11(15)9-13(12)18-4-2/h8-9H,3-7H2,1-2H3,(H2,16,19). The minimum absolute atomic E-state index is 0.283. The van der Waals surface area contributed by atoms with Gasteiger partial charge in [-0.2, -0.15) is 0 Å². The van der Waals surface area contributed by atoms with E-state index in [0.717, 1.165) is 6.42 Å². The average molecular weight is 285 g/mol. The van der Waals surface area contributed by atoms with Gasteiger partial charge in [0.05, 0.1) is 18.2 Å². The maximum absolute atomic E-state index is 13.9. The number of benzene rings is 1. The van der Waals surface area contributed by atoms with Crippen LogP contribution in [0.5, 0.6) is 11.5 Å². The molecule has 106 valence electrons. The van der Waals surface area contributed by atoms with Gasteiger partial charge in [0, 0.05) is 6.07 Å². The van der Waals surface area contributed by atoms with E-state index in [1.807, 2.05) is 13.8 Å². The fraction of sp³-hybridized carbons (Fsp3) is 0.500. The number of aryl methyl sites for hydroxylation is 1. The third-order valence-electron chi connectivity index (χ3n) is 2.58. The van der Waals surface area contributed by atoms with Crippen LogP contribution in [0, 0.1) is 5.82 Å². The van der Waals surface area contributed by atoms with Crippen LogP contribution in [-0.4, -0.2) is 18.2 Å². The molecule has 1 aromatic carbocycles. The molecule has 1 rings (SSSR count). The first kappa shape index (κ1) is 15.7. The number of hydrogen-bond acceptors (Lipinski definition) is 3. The SMILES string of the molecule is CCOc1cc(F)c(CCCC(N)=S)cc1OCC. The van der Waals surface area contributed by atoms with Gasteiger partial charge in [-0.05, 0) is 44.7 Å². The molecule has 19 heavy (non-hydrogen) atoms. The Balaban J connectivity index is 2.86. The Labute approximate surface area is 118 Å². The summed E-state index contributed by atoms with van der Waals surface area (Å²) in [6, 6.07) is 3.08. The fourth-order valence-corrected chi connectivity index (χ4v) is 1.90. The minimum atomic E-state index is -0.283. The largest absolute Gasteiger partial charge is 0.490 e. The maximum atomic E-state index is 13.9. The molecule has 1 aromatic rings. The highest BCUT2D eigenvalue weighted by Gasteiger charge is 2.12. The summed E-state index contributed by atoms with van der Waals surface area (Å²) in [5.74, 6) is 0.742. The summed E-state index contributed by atoms with van der Waals surface area (Å²) < 4.78 is 24.8. The van der Waals surface area contributed by atoms with Crippen molar-refractivity contribution >= 4 is 17.2 Å². The Bertz CT molecular complexity index is 438. The topological polar surface area (TPSA) is 44.5 Å². The van der Waals surface area contributed by atoms with Crippen LogP contribution in [-0.2, 0) is 6.42 Å². The second-order valence-electron chi connectivity index (χ2n) is 4.08. The molecule has 0 atom stereocenters. The van der Waals surface area contributed by atoms with Crippen LogP contribution in [0.15, 0.2) is 12.1 Å². The summed E-state index contributed by atoms with van der Waals surface area (Å²) in [5.41, 5.74) is 6.03. The van der Waals surface area contributed by atoms with Crippen molar-refractivity contribution in [2.75, 3.05) is 13.2 Å². The Morgan fingerprint density at radius 3 is 2.32 bits per heavy atom. The van der Waals surface area contributed by atoms with E-state index < -0.39 is 0 Å². The third kappa shape index (κ3) is 5.03. The molecule has 0 heterocycles. The molecule has 0 unspecified atom stereocenters. The molecular weight excluding hydrogens is 265 g/mol. The molecule has 3 nitrogen and oxygen atoms in total. The normalized spacial score (nSPS) is 10.3. The van der Waals surface area contributed by atoms with Crippen molar-refractivity contribution in [1.29, 1.82) is 0 Å².